The Hall–Kier alpha value is -2.81. The maximum Gasteiger partial charge on any atom is 0.252 e. The topological polar surface area (TPSA) is 47.6 Å². The van der Waals surface area contributed by atoms with Crippen molar-refractivity contribution in [3.63, 3.8) is 0 Å². The second-order valence-corrected chi connectivity index (χ2v) is 12.5. The maximum absolute atomic E-state index is 14.4. The minimum absolute atomic E-state index is 0.0429. The third kappa shape index (κ3) is 6.66. The van der Waals surface area contributed by atoms with Crippen LogP contribution in [0.1, 0.15) is 48.4 Å². The van der Waals surface area contributed by atoms with E-state index < -0.39 is 11.6 Å². The molecule has 2 fully saturated rings. The van der Waals surface area contributed by atoms with Gasteiger partial charge in [-0.1, -0.05) is 72.6 Å². The van der Waals surface area contributed by atoms with E-state index in [1.807, 2.05) is 28.9 Å². The van der Waals surface area contributed by atoms with Crippen molar-refractivity contribution < 1.29 is 13.6 Å². The van der Waals surface area contributed by atoms with Gasteiger partial charge in [-0.2, -0.15) is 0 Å². The van der Waals surface area contributed by atoms with Crippen molar-refractivity contribution in [1.82, 2.24) is 20.4 Å². The minimum Gasteiger partial charge on any atom is -0.331 e. The minimum atomic E-state index is -0.526. The normalized spacial score (nSPS) is 20.0. The number of piperazine rings is 1. The van der Waals surface area contributed by atoms with Gasteiger partial charge in [0.05, 0.1) is 16.1 Å². The standard InChI is InChI=1S/C34H36Cl2F2N4O/c1-2-41(20-27-29(37)7-4-8-30(27)38)18-21-9-11-22(12-10-21)26-15-24-16-39-17-31(40-24)32(26)34(43)42(25-13-14-25)19-23-5-3-6-28(35)33(23)36/h3-12,24-25,31,39-40H,2,13-20H2,1H3/t24-,31+/m0/s1. The van der Waals surface area contributed by atoms with E-state index >= 15 is 0 Å². The van der Waals surface area contributed by atoms with Crippen LogP contribution in [-0.4, -0.2) is 53.5 Å². The van der Waals surface area contributed by atoms with E-state index in [9.17, 15) is 13.6 Å². The summed E-state index contributed by atoms with van der Waals surface area (Å²) in [4.78, 5) is 18.4. The molecule has 3 aliphatic rings. The number of rotatable bonds is 10. The molecule has 3 aromatic carbocycles. The summed E-state index contributed by atoms with van der Waals surface area (Å²) >= 11 is 12.8. The molecule has 9 heteroatoms. The van der Waals surface area contributed by atoms with Gasteiger partial charge in [-0.3, -0.25) is 9.69 Å². The lowest BCUT2D eigenvalue weighted by Crippen LogP contribution is -2.60. The fourth-order valence-corrected chi connectivity index (χ4v) is 6.64. The van der Waals surface area contributed by atoms with Crippen molar-refractivity contribution in [3.05, 3.63) is 110 Å². The van der Waals surface area contributed by atoms with Crippen LogP contribution in [0.15, 0.2) is 66.2 Å². The summed E-state index contributed by atoms with van der Waals surface area (Å²) in [7, 11) is 0. The van der Waals surface area contributed by atoms with Gasteiger partial charge in [0.25, 0.3) is 5.91 Å². The zero-order valence-electron chi connectivity index (χ0n) is 24.2. The van der Waals surface area contributed by atoms with Gasteiger partial charge in [-0.15, -0.1) is 0 Å². The maximum atomic E-state index is 14.4. The molecule has 6 rings (SSSR count). The van der Waals surface area contributed by atoms with Crippen LogP contribution in [-0.2, 0) is 24.4 Å². The van der Waals surface area contributed by atoms with E-state index in [2.05, 4.69) is 34.9 Å². The Morgan fingerprint density at radius 2 is 1.65 bits per heavy atom. The summed E-state index contributed by atoms with van der Waals surface area (Å²) in [5, 5.41) is 8.15. The molecule has 2 atom stereocenters. The molecule has 0 aromatic heterocycles. The lowest BCUT2D eigenvalue weighted by atomic mass is 9.83. The van der Waals surface area contributed by atoms with Crippen molar-refractivity contribution in [3.8, 4) is 0 Å². The van der Waals surface area contributed by atoms with Crippen LogP contribution < -0.4 is 10.6 Å². The highest BCUT2D eigenvalue weighted by molar-refractivity contribution is 6.42. The Balaban J connectivity index is 1.27. The molecule has 0 spiro atoms. The van der Waals surface area contributed by atoms with Crippen LogP contribution in [0, 0.1) is 11.6 Å². The Bertz CT molecular complexity index is 1510. The third-order valence-corrected chi connectivity index (χ3v) is 9.61. The molecule has 0 radical (unpaired) electrons. The van der Waals surface area contributed by atoms with Gasteiger partial charge in [0.1, 0.15) is 11.6 Å². The average Bonchev–Trinajstić information content (AvgIpc) is 3.85. The molecule has 1 aliphatic carbocycles. The highest BCUT2D eigenvalue weighted by atomic mass is 35.5. The first kappa shape index (κ1) is 30.2. The Kier molecular flexibility index (Phi) is 9.17. The van der Waals surface area contributed by atoms with Crippen LogP contribution in [0.2, 0.25) is 10.0 Å². The molecule has 2 N–H and O–H groups in total. The van der Waals surface area contributed by atoms with E-state index in [0.29, 0.717) is 36.2 Å². The zero-order chi connectivity index (χ0) is 30.1. The van der Waals surface area contributed by atoms with Crippen LogP contribution in [0.25, 0.3) is 5.57 Å². The van der Waals surface area contributed by atoms with Crippen molar-refractivity contribution >= 4 is 34.7 Å². The molecule has 1 saturated carbocycles. The Morgan fingerprint density at radius 3 is 2.35 bits per heavy atom. The molecule has 2 heterocycles. The SMILES string of the molecule is CCN(Cc1ccc(C2=C(C(=O)N(Cc3cccc(Cl)c3Cl)C3CC3)[C@H]3CNC[C@H](C2)N3)cc1)Cc1c(F)cccc1F. The lowest BCUT2D eigenvalue weighted by Gasteiger charge is -2.41. The Morgan fingerprint density at radius 1 is 0.930 bits per heavy atom. The van der Waals surface area contributed by atoms with E-state index in [1.165, 1.54) is 18.2 Å². The number of nitrogens with one attached hydrogen (secondary N) is 2. The molecule has 43 heavy (non-hydrogen) atoms. The second kappa shape index (κ2) is 13.0. The van der Waals surface area contributed by atoms with Crippen molar-refractivity contribution in [1.29, 1.82) is 0 Å². The molecule has 1 saturated heterocycles. The predicted molar refractivity (Wildman–Crippen MR) is 168 cm³/mol. The molecular weight excluding hydrogens is 589 g/mol. The van der Waals surface area contributed by atoms with E-state index in [4.69, 9.17) is 23.2 Å². The first-order valence-corrected chi connectivity index (χ1v) is 15.8. The summed E-state index contributed by atoms with van der Waals surface area (Å²) in [6.07, 6.45) is 2.70. The number of halogens is 4. The third-order valence-electron chi connectivity index (χ3n) is 8.75. The highest BCUT2D eigenvalue weighted by Crippen LogP contribution is 2.37. The summed E-state index contributed by atoms with van der Waals surface area (Å²) < 4.78 is 28.6. The predicted octanol–water partition coefficient (Wildman–Crippen LogP) is 6.57. The number of carbonyl (C=O) groups is 1. The lowest BCUT2D eigenvalue weighted by molar-refractivity contribution is -0.128. The number of nitrogens with zero attached hydrogens (tertiary/aromatic N) is 2. The zero-order valence-corrected chi connectivity index (χ0v) is 25.7. The van der Waals surface area contributed by atoms with Gasteiger partial charge in [0.15, 0.2) is 0 Å². The molecular formula is C34H36Cl2F2N4O. The Labute approximate surface area is 261 Å². The van der Waals surface area contributed by atoms with Crippen molar-refractivity contribution in [2.45, 2.75) is 63.9 Å². The molecule has 1 amide bonds. The van der Waals surface area contributed by atoms with Gasteiger partial charge in [0, 0.05) is 55.9 Å². The molecule has 226 valence electrons. The van der Waals surface area contributed by atoms with Gasteiger partial charge in [-0.05, 0) is 66.3 Å². The van der Waals surface area contributed by atoms with E-state index in [-0.39, 0.29) is 36.1 Å². The van der Waals surface area contributed by atoms with Crippen molar-refractivity contribution in [2.24, 2.45) is 0 Å². The fraction of sp³-hybridized carbons (Fsp3) is 0.382. The smallest absolute Gasteiger partial charge is 0.252 e. The number of carbonyl (C=O) groups excluding carboxylic acids is 1. The van der Waals surface area contributed by atoms with Crippen LogP contribution >= 0.6 is 23.2 Å². The largest absolute Gasteiger partial charge is 0.331 e. The molecule has 5 nitrogen and oxygen atoms in total. The summed E-state index contributed by atoms with van der Waals surface area (Å²) in [5.41, 5.74) is 4.90. The molecule has 0 unspecified atom stereocenters. The monoisotopic (exact) mass is 624 g/mol. The quantitative estimate of drug-likeness (QED) is 0.268. The van der Waals surface area contributed by atoms with Crippen molar-refractivity contribution in [2.75, 3.05) is 19.6 Å². The van der Waals surface area contributed by atoms with Gasteiger partial charge < -0.3 is 15.5 Å². The molecule has 2 aliphatic heterocycles. The van der Waals surface area contributed by atoms with Gasteiger partial charge >= 0.3 is 0 Å². The number of benzene rings is 3. The molecule has 3 aromatic rings. The van der Waals surface area contributed by atoms with Crippen LogP contribution in [0.5, 0.6) is 0 Å². The first-order chi connectivity index (χ1) is 20.8. The van der Waals surface area contributed by atoms with Gasteiger partial charge in [-0.25, -0.2) is 8.78 Å². The van der Waals surface area contributed by atoms with Crippen LogP contribution in [0.3, 0.4) is 0 Å². The average molecular weight is 626 g/mol. The summed E-state index contributed by atoms with van der Waals surface area (Å²) in [6.45, 7) is 5.33. The number of hydrogen-bond donors (Lipinski definition) is 2. The summed E-state index contributed by atoms with van der Waals surface area (Å²) in [6, 6.07) is 18.2. The summed E-state index contributed by atoms with van der Waals surface area (Å²) in [5.74, 6) is -1.01. The van der Waals surface area contributed by atoms with Crippen LogP contribution in [0.4, 0.5) is 8.78 Å². The second-order valence-electron chi connectivity index (χ2n) is 11.7. The van der Waals surface area contributed by atoms with E-state index in [1.54, 1.807) is 6.07 Å². The first-order valence-electron chi connectivity index (χ1n) is 15.0. The number of fused-ring (bicyclic) bond motifs is 2. The van der Waals surface area contributed by atoms with Gasteiger partial charge in [0.2, 0.25) is 0 Å². The number of amides is 1. The highest BCUT2D eigenvalue weighted by Gasteiger charge is 2.41. The number of hydrogen-bond acceptors (Lipinski definition) is 4. The fourth-order valence-electron chi connectivity index (χ4n) is 6.26. The van der Waals surface area contributed by atoms with E-state index in [0.717, 1.165) is 53.6 Å². The molecule has 2 bridgehead atoms.